The molecule has 0 aromatic heterocycles. The van der Waals surface area contributed by atoms with Gasteiger partial charge >= 0.3 is 0 Å². The second kappa shape index (κ2) is 5.81. The van der Waals surface area contributed by atoms with E-state index in [1.165, 1.54) is 11.8 Å². The number of carbonyl (C=O) groups excluding carboxylic acids is 2. The number of rotatable bonds is 3. The Hall–Kier alpha value is -2.47. The molecule has 2 aliphatic heterocycles. The Morgan fingerprint density at radius 2 is 1.88 bits per heavy atom. The standard InChI is InChI=1S/C19H18N2O3S/c1-3-24-14-10-8-13(9-11-14)21-17(22)12(2)25-19(21)15-6-4-5-7-16(15)20-18(19)23/h4-12H,3H2,1-2H3,(H,20,23)/t12-,19+/m1/s1. The first-order valence-electron chi connectivity index (χ1n) is 8.23. The van der Waals surface area contributed by atoms with Gasteiger partial charge in [-0.3, -0.25) is 14.5 Å². The molecular formula is C19H18N2O3S. The summed E-state index contributed by atoms with van der Waals surface area (Å²) in [6, 6.07) is 14.9. The van der Waals surface area contributed by atoms with Crippen molar-refractivity contribution < 1.29 is 14.3 Å². The molecule has 2 aromatic rings. The summed E-state index contributed by atoms with van der Waals surface area (Å²) in [6.07, 6.45) is 0. The van der Waals surface area contributed by atoms with E-state index in [0.29, 0.717) is 12.3 Å². The van der Waals surface area contributed by atoms with Crippen molar-refractivity contribution in [2.75, 3.05) is 16.8 Å². The van der Waals surface area contributed by atoms with Gasteiger partial charge in [-0.1, -0.05) is 18.2 Å². The van der Waals surface area contributed by atoms with Crippen molar-refractivity contribution in [1.82, 2.24) is 0 Å². The Kier molecular flexibility index (Phi) is 3.72. The number of para-hydroxylation sites is 1. The molecule has 1 N–H and O–H groups in total. The lowest BCUT2D eigenvalue weighted by atomic mass is 10.0. The second-order valence-corrected chi connectivity index (χ2v) is 7.54. The lowest BCUT2D eigenvalue weighted by molar-refractivity contribution is -0.122. The predicted molar refractivity (Wildman–Crippen MR) is 98.9 cm³/mol. The topological polar surface area (TPSA) is 58.6 Å². The van der Waals surface area contributed by atoms with Crippen molar-refractivity contribution in [3.8, 4) is 5.75 Å². The number of carbonyl (C=O) groups is 2. The fourth-order valence-electron chi connectivity index (χ4n) is 3.42. The molecule has 25 heavy (non-hydrogen) atoms. The van der Waals surface area contributed by atoms with Crippen LogP contribution in [0.25, 0.3) is 0 Å². The van der Waals surface area contributed by atoms with Crippen molar-refractivity contribution in [1.29, 1.82) is 0 Å². The van der Waals surface area contributed by atoms with Crippen LogP contribution in [-0.2, 0) is 14.5 Å². The van der Waals surface area contributed by atoms with Gasteiger partial charge in [0.25, 0.3) is 5.91 Å². The molecule has 1 saturated heterocycles. The zero-order chi connectivity index (χ0) is 17.6. The summed E-state index contributed by atoms with van der Waals surface area (Å²) >= 11 is 1.38. The highest BCUT2D eigenvalue weighted by Crippen LogP contribution is 2.55. The van der Waals surface area contributed by atoms with Gasteiger partial charge in [-0.2, -0.15) is 0 Å². The van der Waals surface area contributed by atoms with E-state index in [1.807, 2.05) is 62.4 Å². The summed E-state index contributed by atoms with van der Waals surface area (Å²) in [6.45, 7) is 4.34. The van der Waals surface area contributed by atoms with E-state index in [-0.39, 0.29) is 17.1 Å². The molecular weight excluding hydrogens is 336 g/mol. The molecule has 2 amide bonds. The minimum Gasteiger partial charge on any atom is -0.494 e. The van der Waals surface area contributed by atoms with Crippen molar-refractivity contribution in [3.63, 3.8) is 0 Å². The number of thioether (sulfide) groups is 1. The summed E-state index contributed by atoms with van der Waals surface area (Å²) in [5.74, 6) is 0.496. The minimum absolute atomic E-state index is 0.0685. The fourth-order valence-corrected chi connectivity index (χ4v) is 4.90. The molecule has 2 atom stereocenters. The van der Waals surface area contributed by atoms with Crippen LogP contribution < -0.4 is 15.0 Å². The minimum atomic E-state index is -1.06. The Morgan fingerprint density at radius 3 is 2.60 bits per heavy atom. The van der Waals surface area contributed by atoms with Crippen molar-refractivity contribution in [2.24, 2.45) is 0 Å². The Bertz CT molecular complexity index is 852. The van der Waals surface area contributed by atoms with Gasteiger partial charge in [0, 0.05) is 16.9 Å². The van der Waals surface area contributed by atoms with Gasteiger partial charge < -0.3 is 10.1 Å². The summed E-state index contributed by atoms with van der Waals surface area (Å²) in [4.78, 5) is 26.4. The van der Waals surface area contributed by atoms with Crippen LogP contribution in [0.3, 0.4) is 0 Å². The summed E-state index contributed by atoms with van der Waals surface area (Å²) in [5, 5.41) is 2.62. The number of hydrogen-bond acceptors (Lipinski definition) is 4. The molecule has 2 aliphatic rings. The van der Waals surface area contributed by atoms with Gasteiger partial charge in [0.15, 0.2) is 0 Å². The first kappa shape index (κ1) is 16.0. The van der Waals surface area contributed by atoms with Crippen LogP contribution in [0.2, 0.25) is 0 Å². The number of benzene rings is 2. The average molecular weight is 354 g/mol. The van der Waals surface area contributed by atoms with Crippen LogP contribution in [0, 0.1) is 0 Å². The van der Waals surface area contributed by atoms with Crippen LogP contribution in [-0.4, -0.2) is 23.7 Å². The highest BCUT2D eigenvalue weighted by atomic mass is 32.2. The lowest BCUT2D eigenvalue weighted by Gasteiger charge is -2.32. The van der Waals surface area contributed by atoms with Crippen molar-refractivity contribution >= 4 is 35.0 Å². The predicted octanol–water partition coefficient (Wildman–Crippen LogP) is 3.36. The molecule has 128 valence electrons. The second-order valence-electron chi connectivity index (χ2n) is 6.00. The third-order valence-corrected chi connectivity index (χ3v) is 5.97. The van der Waals surface area contributed by atoms with Crippen LogP contribution in [0.1, 0.15) is 19.4 Å². The van der Waals surface area contributed by atoms with Crippen molar-refractivity contribution in [3.05, 3.63) is 54.1 Å². The fraction of sp³-hybridized carbons (Fsp3) is 0.263. The molecule has 0 unspecified atom stereocenters. The Morgan fingerprint density at radius 1 is 1.16 bits per heavy atom. The van der Waals surface area contributed by atoms with E-state index >= 15 is 0 Å². The van der Waals surface area contributed by atoms with Crippen LogP contribution in [0.5, 0.6) is 5.75 Å². The molecule has 4 rings (SSSR count). The van der Waals surface area contributed by atoms with E-state index in [4.69, 9.17) is 4.74 Å². The maximum atomic E-state index is 12.9. The van der Waals surface area contributed by atoms with Gasteiger partial charge in [0.1, 0.15) is 5.75 Å². The number of amides is 2. The van der Waals surface area contributed by atoms with Crippen LogP contribution >= 0.6 is 11.8 Å². The maximum Gasteiger partial charge on any atom is 0.266 e. The summed E-state index contributed by atoms with van der Waals surface area (Å²) < 4.78 is 5.48. The monoisotopic (exact) mass is 354 g/mol. The largest absolute Gasteiger partial charge is 0.494 e. The molecule has 6 heteroatoms. The van der Waals surface area contributed by atoms with Crippen LogP contribution in [0.15, 0.2) is 48.5 Å². The molecule has 0 saturated carbocycles. The third kappa shape index (κ3) is 2.24. The Balaban J connectivity index is 1.84. The number of fused-ring (bicyclic) bond motifs is 2. The normalized spacial score (nSPS) is 24.6. The highest BCUT2D eigenvalue weighted by molar-refractivity contribution is 8.03. The zero-order valence-corrected chi connectivity index (χ0v) is 14.8. The average Bonchev–Trinajstić information content (AvgIpc) is 3.04. The molecule has 2 aromatic carbocycles. The molecule has 1 fully saturated rings. The van der Waals surface area contributed by atoms with E-state index in [2.05, 4.69) is 5.32 Å². The summed E-state index contributed by atoms with van der Waals surface area (Å²) in [7, 11) is 0. The maximum absolute atomic E-state index is 12.9. The van der Waals surface area contributed by atoms with Crippen LogP contribution in [0.4, 0.5) is 11.4 Å². The number of ether oxygens (including phenoxy) is 1. The number of nitrogens with zero attached hydrogens (tertiary/aromatic N) is 1. The van der Waals surface area contributed by atoms with Gasteiger partial charge in [-0.05, 0) is 44.2 Å². The molecule has 0 radical (unpaired) electrons. The van der Waals surface area contributed by atoms with E-state index in [1.54, 1.807) is 4.90 Å². The SMILES string of the molecule is CCOc1ccc(N2C(=O)[C@@H](C)S[C@@]23C(=O)Nc2ccccc23)cc1. The number of hydrogen-bond donors (Lipinski definition) is 1. The third-order valence-electron chi connectivity index (χ3n) is 4.48. The molecule has 2 heterocycles. The molecule has 0 bridgehead atoms. The molecule has 5 nitrogen and oxygen atoms in total. The molecule has 1 spiro atoms. The first-order valence-corrected chi connectivity index (χ1v) is 9.11. The highest BCUT2D eigenvalue weighted by Gasteiger charge is 2.60. The first-order chi connectivity index (χ1) is 12.1. The van der Waals surface area contributed by atoms with E-state index < -0.39 is 4.87 Å². The zero-order valence-electron chi connectivity index (χ0n) is 14.0. The van der Waals surface area contributed by atoms with Gasteiger partial charge in [-0.25, -0.2) is 0 Å². The van der Waals surface area contributed by atoms with Gasteiger partial charge in [0.2, 0.25) is 10.8 Å². The quantitative estimate of drug-likeness (QED) is 0.918. The smallest absolute Gasteiger partial charge is 0.266 e. The van der Waals surface area contributed by atoms with E-state index in [0.717, 1.165) is 17.0 Å². The number of nitrogens with one attached hydrogen (secondary N) is 1. The Labute approximate surface area is 150 Å². The van der Waals surface area contributed by atoms with Gasteiger partial charge in [0.05, 0.1) is 11.9 Å². The molecule has 0 aliphatic carbocycles. The summed E-state index contributed by atoms with van der Waals surface area (Å²) in [5.41, 5.74) is 2.28. The van der Waals surface area contributed by atoms with Gasteiger partial charge in [-0.15, -0.1) is 11.8 Å². The lowest BCUT2D eigenvalue weighted by Crippen LogP contribution is -2.47. The number of anilines is 2. The van der Waals surface area contributed by atoms with E-state index in [9.17, 15) is 9.59 Å². The van der Waals surface area contributed by atoms with Crippen molar-refractivity contribution in [2.45, 2.75) is 24.0 Å².